The molecule has 0 heterocycles. The highest BCUT2D eigenvalue weighted by Crippen LogP contribution is 2.02. The molecule has 0 aliphatic heterocycles. The molecule has 0 radical (unpaired) electrons. The Morgan fingerprint density at radius 2 is 1.89 bits per heavy atom. The summed E-state index contributed by atoms with van der Waals surface area (Å²) >= 11 is 0. The summed E-state index contributed by atoms with van der Waals surface area (Å²) in [6, 6.07) is 0. The fraction of sp³-hybridized carbons (Fsp3) is 0.562. The van der Waals surface area contributed by atoms with Crippen LogP contribution in [0, 0.1) is 11.8 Å². The standard InChI is InChI=1S/C16H24O3/c1-15(17)13-11-9-7-5-3-2-4-6-8-10-12-14-16(18)19/h6,8,11,13,15,17H,2-5,10,12,14H2,1H3,(H,18,19)/b8-6+,13-11+. The van der Waals surface area contributed by atoms with Gasteiger partial charge in [-0.15, -0.1) is 0 Å². The van der Waals surface area contributed by atoms with E-state index in [-0.39, 0.29) is 6.42 Å². The predicted octanol–water partition coefficient (Wildman–Crippen LogP) is 3.30. The van der Waals surface area contributed by atoms with E-state index in [2.05, 4.69) is 24.0 Å². The van der Waals surface area contributed by atoms with Crippen LogP contribution >= 0.6 is 0 Å². The smallest absolute Gasteiger partial charge is 0.303 e. The molecule has 19 heavy (non-hydrogen) atoms. The molecule has 0 bridgehead atoms. The first-order chi connectivity index (χ1) is 9.13. The zero-order chi connectivity index (χ0) is 14.3. The average molecular weight is 264 g/mol. The minimum absolute atomic E-state index is 0.250. The quantitative estimate of drug-likeness (QED) is 0.381. The fourth-order valence-electron chi connectivity index (χ4n) is 1.40. The third-order valence-electron chi connectivity index (χ3n) is 2.41. The van der Waals surface area contributed by atoms with Gasteiger partial charge in [0.15, 0.2) is 0 Å². The number of hydrogen-bond donors (Lipinski definition) is 2. The Kier molecular flexibility index (Phi) is 11.9. The number of carboxylic acid groups (broad SMARTS) is 1. The molecule has 0 fully saturated rings. The van der Waals surface area contributed by atoms with Crippen LogP contribution in [0.15, 0.2) is 24.3 Å². The largest absolute Gasteiger partial charge is 0.481 e. The molecule has 0 aliphatic rings. The van der Waals surface area contributed by atoms with Crippen LogP contribution in [-0.2, 0) is 4.79 Å². The van der Waals surface area contributed by atoms with E-state index < -0.39 is 12.1 Å². The molecule has 3 heteroatoms. The topological polar surface area (TPSA) is 57.5 Å². The molecule has 2 N–H and O–H groups in total. The maximum atomic E-state index is 10.3. The van der Waals surface area contributed by atoms with Gasteiger partial charge < -0.3 is 10.2 Å². The average Bonchev–Trinajstić information content (AvgIpc) is 2.34. The number of carbonyl (C=O) groups is 1. The summed E-state index contributed by atoms with van der Waals surface area (Å²) in [7, 11) is 0. The fourth-order valence-corrected chi connectivity index (χ4v) is 1.40. The number of unbranched alkanes of at least 4 members (excludes halogenated alkanes) is 4. The van der Waals surface area contributed by atoms with Crippen LogP contribution in [0.1, 0.15) is 51.9 Å². The van der Waals surface area contributed by atoms with Crippen molar-refractivity contribution in [2.24, 2.45) is 0 Å². The Morgan fingerprint density at radius 3 is 2.53 bits per heavy atom. The summed E-state index contributed by atoms with van der Waals surface area (Å²) in [6.45, 7) is 1.70. The Hall–Kier alpha value is -1.53. The van der Waals surface area contributed by atoms with Crippen LogP contribution in [0.3, 0.4) is 0 Å². The monoisotopic (exact) mass is 264 g/mol. The van der Waals surface area contributed by atoms with E-state index in [0.717, 1.165) is 32.1 Å². The van der Waals surface area contributed by atoms with Gasteiger partial charge in [-0.2, -0.15) is 0 Å². The lowest BCUT2D eigenvalue weighted by Crippen LogP contribution is -1.92. The van der Waals surface area contributed by atoms with Crippen LogP contribution in [-0.4, -0.2) is 22.3 Å². The lowest BCUT2D eigenvalue weighted by Gasteiger charge is -1.93. The maximum Gasteiger partial charge on any atom is 0.303 e. The maximum absolute atomic E-state index is 10.3. The first-order valence-corrected chi connectivity index (χ1v) is 6.83. The Balaban J connectivity index is 3.35. The van der Waals surface area contributed by atoms with Crippen molar-refractivity contribution < 1.29 is 15.0 Å². The van der Waals surface area contributed by atoms with E-state index in [1.54, 1.807) is 19.1 Å². The molecule has 1 unspecified atom stereocenters. The lowest BCUT2D eigenvalue weighted by molar-refractivity contribution is -0.137. The van der Waals surface area contributed by atoms with Crippen molar-refractivity contribution in [2.45, 2.75) is 58.0 Å². The van der Waals surface area contributed by atoms with Gasteiger partial charge in [0.2, 0.25) is 0 Å². The highest BCUT2D eigenvalue weighted by atomic mass is 16.4. The molecule has 3 nitrogen and oxygen atoms in total. The molecule has 0 aromatic carbocycles. The van der Waals surface area contributed by atoms with Crippen LogP contribution in [0.25, 0.3) is 0 Å². The number of rotatable bonds is 9. The Labute approximate surface area is 116 Å². The molecule has 1 atom stereocenters. The van der Waals surface area contributed by atoms with Crippen LogP contribution in [0.4, 0.5) is 0 Å². The highest BCUT2D eigenvalue weighted by Gasteiger charge is 1.93. The molecule has 106 valence electrons. The van der Waals surface area contributed by atoms with Crippen molar-refractivity contribution in [3.8, 4) is 11.8 Å². The minimum Gasteiger partial charge on any atom is -0.481 e. The van der Waals surface area contributed by atoms with E-state index in [0.29, 0.717) is 6.42 Å². The van der Waals surface area contributed by atoms with E-state index in [1.807, 2.05) is 0 Å². The van der Waals surface area contributed by atoms with Crippen molar-refractivity contribution in [2.75, 3.05) is 0 Å². The third-order valence-corrected chi connectivity index (χ3v) is 2.41. The summed E-state index contributed by atoms with van der Waals surface area (Å²) in [6.07, 6.45) is 13.0. The van der Waals surface area contributed by atoms with E-state index in [9.17, 15) is 4.79 Å². The normalized spacial score (nSPS) is 12.5. The van der Waals surface area contributed by atoms with Crippen LogP contribution in [0.2, 0.25) is 0 Å². The van der Waals surface area contributed by atoms with Crippen LogP contribution < -0.4 is 0 Å². The summed E-state index contributed by atoms with van der Waals surface area (Å²) < 4.78 is 0. The van der Waals surface area contributed by atoms with Gasteiger partial charge in [-0.05, 0) is 51.2 Å². The zero-order valence-corrected chi connectivity index (χ0v) is 11.6. The summed E-state index contributed by atoms with van der Waals surface area (Å²) in [5, 5.41) is 17.4. The summed E-state index contributed by atoms with van der Waals surface area (Å²) in [4.78, 5) is 10.3. The zero-order valence-electron chi connectivity index (χ0n) is 11.6. The molecule has 0 aromatic rings. The molecule has 0 aliphatic carbocycles. The van der Waals surface area contributed by atoms with Gasteiger partial charge in [0.05, 0.1) is 6.10 Å². The van der Waals surface area contributed by atoms with Gasteiger partial charge in [0.1, 0.15) is 0 Å². The number of hydrogen-bond acceptors (Lipinski definition) is 2. The predicted molar refractivity (Wildman–Crippen MR) is 77.7 cm³/mol. The third kappa shape index (κ3) is 16.5. The molecule has 0 amide bonds. The van der Waals surface area contributed by atoms with E-state index >= 15 is 0 Å². The molecule has 0 saturated carbocycles. The SMILES string of the molecule is CC(O)/C=C/C#CCCCC/C=C/CCCC(=O)O. The van der Waals surface area contributed by atoms with E-state index in [4.69, 9.17) is 10.2 Å². The van der Waals surface area contributed by atoms with Crippen molar-refractivity contribution in [1.29, 1.82) is 0 Å². The van der Waals surface area contributed by atoms with Gasteiger partial charge in [-0.3, -0.25) is 4.79 Å². The molecule has 0 rings (SSSR count). The number of aliphatic hydroxyl groups is 1. The van der Waals surface area contributed by atoms with Crippen molar-refractivity contribution >= 4 is 5.97 Å². The van der Waals surface area contributed by atoms with Crippen molar-refractivity contribution in [3.05, 3.63) is 24.3 Å². The molecule has 0 spiro atoms. The Morgan fingerprint density at radius 1 is 1.21 bits per heavy atom. The van der Waals surface area contributed by atoms with Crippen molar-refractivity contribution in [1.82, 2.24) is 0 Å². The lowest BCUT2D eigenvalue weighted by atomic mass is 10.1. The van der Waals surface area contributed by atoms with E-state index in [1.165, 1.54) is 0 Å². The first-order valence-electron chi connectivity index (χ1n) is 6.83. The number of carboxylic acids is 1. The number of aliphatic hydroxyl groups excluding tert-OH is 1. The molecular formula is C16H24O3. The van der Waals surface area contributed by atoms with Gasteiger partial charge in [-0.1, -0.05) is 24.0 Å². The second-order valence-electron chi connectivity index (χ2n) is 4.42. The van der Waals surface area contributed by atoms with Gasteiger partial charge in [0.25, 0.3) is 0 Å². The van der Waals surface area contributed by atoms with Gasteiger partial charge >= 0.3 is 5.97 Å². The number of allylic oxidation sites excluding steroid dienone is 3. The van der Waals surface area contributed by atoms with Gasteiger partial charge in [0, 0.05) is 12.8 Å². The molecule has 0 saturated heterocycles. The Bertz CT molecular complexity index is 343. The first kappa shape index (κ1) is 17.5. The van der Waals surface area contributed by atoms with Gasteiger partial charge in [-0.25, -0.2) is 0 Å². The second-order valence-corrected chi connectivity index (χ2v) is 4.42. The second kappa shape index (κ2) is 12.9. The molecule has 0 aromatic heterocycles. The number of aliphatic carboxylic acids is 1. The van der Waals surface area contributed by atoms with Crippen LogP contribution in [0.5, 0.6) is 0 Å². The van der Waals surface area contributed by atoms with Crippen molar-refractivity contribution in [3.63, 3.8) is 0 Å². The highest BCUT2D eigenvalue weighted by molar-refractivity contribution is 5.66. The minimum atomic E-state index is -0.725. The molecular weight excluding hydrogens is 240 g/mol. The summed E-state index contributed by atoms with van der Waals surface area (Å²) in [5.41, 5.74) is 0. The summed E-state index contributed by atoms with van der Waals surface area (Å²) in [5.74, 6) is 5.18.